The minimum absolute atomic E-state index is 0.126. The maximum absolute atomic E-state index is 12.5. The van der Waals surface area contributed by atoms with E-state index < -0.39 is 0 Å². The predicted molar refractivity (Wildman–Crippen MR) is 122 cm³/mol. The van der Waals surface area contributed by atoms with Crippen LogP contribution in [0.1, 0.15) is 44.6 Å². The first kappa shape index (κ1) is 20.3. The summed E-state index contributed by atoms with van der Waals surface area (Å²) in [6.45, 7) is 5.56. The average Bonchev–Trinajstić information content (AvgIpc) is 3.17. The molecule has 162 valence electrons. The molecule has 0 spiro atoms. The van der Waals surface area contributed by atoms with Crippen LogP contribution in [0.3, 0.4) is 0 Å². The summed E-state index contributed by atoms with van der Waals surface area (Å²) in [6.07, 6.45) is 12.0. The predicted octanol–water partition coefficient (Wildman–Crippen LogP) is 3.11. The normalized spacial score (nSPS) is 30.9. The number of amides is 1. The quantitative estimate of drug-likeness (QED) is 0.684. The summed E-state index contributed by atoms with van der Waals surface area (Å²) in [4.78, 5) is 22.7. The average molecular weight is 428 g/mol. The third-order valence-electron chi connectivity index (χ3n) is 7.26. The molecule has 3 fully saturated rings. The zero-order valence-corrected chi connectivity index (χ0v) is 18.6. The van der Waals surface area contributed by atoms with E-state index in [4.69, 9.17) is 0 Å². The zero-order valence-electron chi connectivity index (χ0n) is 17.8. The van der Waals surface area contributed by atoms with Gasteiger partial charge in [-0.2, -0.15) is 11.8 Å². The second-order valence-electron chi connectivity index (χ2n) is 9.31. The van der Waals surface area contributed by atoms with Gasteiger partial charge in [0.25, 0.3) is 0 Å². The number of thioether (sulfide) groups is 1. The Morgan fingerprint density at radius 1 is 1.23 bits per heavy atom. The smallest absolute Gasteiger partial charge is 0.225 e. The first-order chi connectivity index (χ1) is 14.7. The van der Waals surface area contributed by atoms with Crippen molar-refractivity contribution in [3.05, 3.63) is 30.2 Å². The van der Waals surface area contributed by atoms with Crippen LogP contribution in [0.15, 0.2) is 24.7 Å². The highest BCUT2D eigenvalue weighted by Crippen LogP contribution is 2.32. The molecule has 1 amide bonds. The van der Waals surface area contributed by atoms with Crippen LogP contribution < -0.4 is 10.6 Å². The van der Waals surface area contributed by atoms with Gasteiger partial charge in [0.15, 0.2) is 0 Å². The lowest BCUT2D eigenvalue weighted by Crippen LogP contribution is -2.65. The van der Waals surface area contributed by atoms with Gasteiger partial charge in [0.05, 0.1) is 12.1 Å². The standard InChI is InChI=1S/C23H33N5OS/c1-15-3-2-4-18-22(15)26-21(27-23(18)29)14-30-17-6-9-28(10-7-17)13-16-11-25-20-5-8-24-12-19(16)20/h5,8,11-12,15,17-18,21-22,25-26H,2-4,6-7,9-10,13-14H2,1H3,(H,27,29). The van der Waals surface area contributed by atoms with Crippen molar-refractivity contribution in [2.45, 2.75) is 63.0 Å². The summed E-state index contributed by atoms with van der Waals surface area (Å²) in [5.41, 5.74) is 2.51. The highest BCUT2D eigenvalue weighted by Gasteiger charge is 2.40. The van der Waals surface area contributed by atoms with E-state index in [1.165, 1.54) is 42.1 Å². The number of H-pyrrole nitrogens is 1. The second kappa shape index (κ2) is 8.89. The first-order valence-corrected chi connectivity index (χ1v) is 12.5. The Balaban J connectivity index is 1.09. The number of likely N-dealkylation sites (tertiary alicyclic amines) is 1. The Bertz CT molecular complexity index is 877. The van der Waals surface area contributed by atoms with Crippen molar-refractivity contribution in [2.75, 3.05) is 18.8 Å². The molecule has 4 heterocycles. The molecule has 2 aromatic rings. The number of aromatic nitrogens is 2. The molecule has 30 heavy (non-hydrogen) atoms. The number of aromatic amines is 1. The monoisotopic (exact) mass is 427 g/mol. The van der Waals surface area contributed by atoms with Gasteiger partial charge in [0, 0.05) is 53.1 Å². The lowest BCUT2D eigenvalue weighted by atomic mass is 9.76. The van der Waals surface area contributed by atoms with Crippen LogP contribution in [0, 0.1) is 11.8 Å². The van der Waals surface area contributed by atoms with Crippen LogP contribution >= 0.6 is 11.8 Å². The number of hydrogen-bond acceptors (Lipinski definition) is 5. The molecular formula is C23H33N5OS. The molecule has 0 radical (unpaired) electrons. The van der Waals surface area contributed by atoms with E-state index in [9.17, 15) is 4.79 Å². The molecule has 4 atom stereocenters. The van der Waals surface area contributed by atoms with Gasteiger partial charge in [-0.3, -0.25) is 20.0 Å². The third-order valence-corrected chi connectivity index (χ3v) is 8.73. The van der Waals surface area contributed by atoms with E-state index in [-0.39, 0.29) is 18.0 Å². The fraction of sp³-hybridized carbons (Fsp3) is 0.652. The SMILES string of the molecule is CC1CCCC2C(=O)NC(CSC3CCN(Cc4c[nH]c5ccncc45)CC3)NC12. The molecule has 6 nitrogen and oxygen atoms in total. The number of fused-ring (bicyclic) bond motifs is 2. The largest absolute Gasteiger partial charge is 0.361 e. The van der Waals surface area contributed by atoms with Crippen molar-refractivity contribution in [3.8, 4) is 0 Å². The zero-order chi connectivity index (χ0) is 20.5. The summed E-state index contributed by atoms with van der Waals surface area (Å²) >= 11 is 2.04. The van der Waals surface area contributed by atoms with E-state index in [1.54, 1.807) is 0 Å². The van der Waals surface area contributed by atoms with E-state index in [0.29, 0.717) is 17.2 Å². The van der Waals surface area contributed by atoms with Crippen molar-refractivity contribution in [2.24, 2.45) is 11.8 Å². The fourth-order valence-corrected chi connectivity index (χ4v) is 6.68. The molecule has 2 saturated heterocycles. The van der Waals surface area contributed by atoms with Gasteiger partial charge in [-0.05, 0) is 56.3 Å². The van der Waals surface area contributed by atoms with Gasteiger partial charge in [-0.25, -0.2) is 0 Å². The van der Waals surface area contributed by atoms with E-state index in [1.807, 2.05) is 30.2 Å². The molecule has 2 aromatic heterocycles. The molecule has 7 heteroatoms. The van der Waals surface area contributed by atoms with Gasteiger partial charge in [0.2, 0.25) is 5.91 Å². The maximum atomic E-state index is 12.5. The van der Waals surface area contributed by atoms with E-state index in [0.717, 1.165) is 31.8 Å². The Kier molecular flexibility index (Phi) is 6.03. The Morgan fingerprint density at radius 2 is 2.10 bits per heavy atom. The molecule has 4 unspecified atom stereocenters. The fourth-order valence-electron chi connectivity index (χ4n) is 5.49. The Labute approximate surface area is 183 Å². The van der Waals surface area contributed by atoms with Crippen LogP contribution in [0.2, 0.25) is 0 Å². The minimum Gasteiger partial charge on any atom is -0.361 e. The highest BCUT2D eigenvalue weighted by molar-refractivity contribution is 7.99. The molecule has 3 aliphatic rings. The van der Waals surface area contributed by atoms with Gasteiger partial charge in [-0.1, -0.05) is 13.3 Å². The molecule has 3 N–H and O–H groups in total. The number of pyridine rings is 1. The number of nitrogens with zero attached hydrogens (tertiary/aromatic N) is 2. The van der Waals surface area contributed by atoms with Crippen molar-refractivity contribution in [1.29, 1.82) is 0 Å². The van der Waals surface area contributed by atoms with Gasteiger partial charge >= 0.3 is 0 Å². The van der Waals surface area contributed by atoms with Crippen molar-refractivity contribution >= 4 is 28.6 Å². The van der Waals surface area contributed by atoms with Crippen LogP contribution in [0.5, 0.6) is 0 Å². The van der Waals surface area contributed by atoms with E-state index in [2.05, 4.69) is 38.6 Å². The number of carbonyl (C=O) groups is 1. The Hall–Kier alpha value is -1.57. The van der Waals surface area contributed by atoms with Crippen LogP contribution in [-0.2, 0) is 11.3 Å². The summed E-state index contributed by atoms with van der Waals surface area (Å²) in [7, 11) is 0. The highest BCUT2D eigenvalue weighted by atomic mass is 32.2. The topological polar surface area (TPSA) is 73.0 Å². The van der Waals surface area contributed by atoms with Crippen molar-refractivity contribution in [1.82, 2.24) is 25.5 Å². The summed E-state index contributed by atoms with van der Waals surface area (Å²) in [5.74, 6) is 2.03. The van der Waals surface area contributed by atoms with Gasteiger partial charge in [0.1, 0.15) is 0 Å². The molecule has 0 aromatic carbocycles. The lowest BCUT2D eigenvalue weighted by molar-refractivity contribution is -0.131. The maximum Gasteiger partial charge on any atom is 0.225 e. The summed E-state index contributed by atoms with van der Waals surface area (Å²) in [6, 6.07) is 2.40. The molecule has 5 rings (SSSR count). The molecular weight excluding hydrogens is 394 g/mol. The molecule has 0 bridgehead atoms. The number of nitrogens with one attached hydrogen (secondary N) is 3. The van der Waals surface area contributed by atoms with Gasteiger partial charge < -0.3 is 10.3 Å². The first-order valence-electron chi connectivity index (χ1n) is 11.5. The van der Waals surface area contributed by atoms with Crippen LogP contribution in [-0.4, -0.2) is 57.1 Å². The van der Waals surface area contributed by atoms with Crippen molar-refractivity contribution < 1.29 is 4.79 Å². The Morgan fingerprint density at radius 3 is 2.97 bits per heavy atom. The summed E-state index contributed by atoms with van der Waals surface area (Å²) in [5, 5.41) is 8.92. The lowest BCUT2D eigenvalue weighted by Gasteiger charge is -2.43. The molecule has 1 aliphatic carbocycles. The van der Waals surface area contributed by atoms with Crippen molar-refractivity contribution in [3.63, 3.8) is 0 Å². The summed E-state index contributed by atoms with van der Waals surface area (Å²) < 4.78 is 0. The molecule has 1 saturated carbocycles. The minimum atomic E-state index is 0.126. The van der Waals surface area contributed by atoms with Crippen LogP contribution in [0.25, 0.3) is 10.9 Å². The third kappa shape index (κ3) is 4.25. The van der Waals surface area contributed by atoms with E-state index >= 15 is 0 Å². The number of carbonyl (C=O) groups excluding carboxylic acids is 1. The molecule has 2 aliphatic heterocycles. The number of rotatable bonds is 5. The van der Waals surface area contributed by atoms with Gasteiger partial charge in [-0.15, -0.1) is 0 Å². The van der Waals surface area contributed by atoms with Crippen LogP contribution in [0.4, 0.5) is 0 Å². The number of hydrogen-bond donors (Lipinski definition) is 3. The second-order valence-corrected chi connectivity index (χ2v) is 10.6. The number of piperidine rings is 1.